The van der Waals surface area contributed by atoms with E-state index >= 15 is 0 Å². The van der Waals surface area contributed by atoms with Crippen molar-refractivity contribution in [2.75, 3.05) is 6.16 Å². The van der Waals surface area contributed by atoms with E-state index in [2.05, 4.69) is 128 Å². The second kappa shape index (κ2) is 20.2. The van der Waals surface area contributed by atoms with Gasteiger partial charge in [-0.25, -0.2) is 0 Å². The summed E-state index contributed by atoms with van der Waals surface area (Å²) in [5.41, 5.74) is 2.22. The molecule has 0 spiro atoms. The van der Waals surface area contributed by atoms with E-state index in [0.717, 1.165) is 0 Å². The molecule has 11 radical (unpaired) electrons. The molecule has 0 heterocycles. The van der Waals surface area contributed by atoms with Gasteiger partial charge in [-0.2, -0.15) is 35.6 Å². The smallest absolute Gasteiger partial charge is 0.195 e. The Morgan fingerprint density at radius 3 is 1.47 bits per heavy atom. The van der Waals surface area contributed by atoms with Gasteiger partial charge in [-0.1, -0.05) is 116 Å². The summed E-state index contributed by atoms with van der Waals surface area (Å²) in [6.07, 6.45) is 18.2. The van der Waals surface area contributed by atoms with Gasteiger partial charge < -0.3 is 0 Å². The van der Waals surface area contributed by atoms with Crippen molar-refractivity contribution >= 4 is 26.5 Å². The summed E-state index contributed by atoms with van der Waals surface area (Å²) in [7, 11) is -0.683. The average molecular weight is 689 g/mol. The van der Waals surface area contributed by atoms with Crippen LogP contribution in [-0.4, -0.2) is 16.5 Å². The van der Waals surface area contributed by atoms with Crippen LogP contribution in [-0.2, 0) is 33.6 Å². The molecule has 5 rings (SSSR count). The van der Waals surface area contributed by atoms with Crippen molar-refractivity contribution in [3.63, 3.8) is 0 Å². The van der Waals surface area contributed by atoms with Crippen LogP contribution in [0.5, 0.6) is 0 Å². The van der Waals surface area contributed by atoms with Crippen molar-refractivity contribution in [3.8, 4) is 6.07 Å². The van der Waals surface area contributed by atoms with E-state index in [1.807, 2.05) is 38.2 Å². The zero-order chi connectivity index (χ0) is 29.7. The van der Waals surface area contributed by atoms with Gasteiger partial charge in [0.15, 0.2) is 0 Å². The number of benzene rings is 3. The topological polar surface area (TPSA) is 23.8 Å². The van der Waals surface area contributed by atoms with Crippen molar-refractivity contribution in [1.82, 2.24) is 0 Å². The Bertz CT molecular complexity index is 1100. The van der Waals surface area contributed by atoms with Crippen LogP contribution in [0.25, 0.3) is 0 Å². The third kappa shape index (κ3) is 13.5. The van der Waals surface area contributed by atoms with Gasteiger partial charge in [0.05, 0.1) is 6.07 Å². The van der Waals surface area contributed by atoms with E-state index in [1.165, 1.54) is 22.4 Å². The summed E-state index contributed by atoms with van der Waals surface area (Å²) in [6, 6.07) is 33.8. The van der Waals surface area contributed by atoms with Crippen LogP contribution in [0.15, 0.2) is 84.9 Å². The quantitative estimate of drug-likeness (QED) is 0.149. The molecule has 2 aliphatic carbocycles. The standard InChI is InChI=1S/C26H33P2.C7H4N.C5H5.Fe.Ni/c1-25(2,3)27(26(4,5)6)20-21-14-13-19-24(21)28(22-15-9-7-10-16-22)23-17-11-8-12-18-23;8-6-7-4-2-1-3-5-7;1-2-4-5-3-1;;/h7-19H,20H2,1-6H3;2-5H;1-5H;;/q;-1;;;+3. The Morgan fingerprint density at radius 1 is 0.651 bits per heavy atom. The molecule has 0 unspecified atom stereocenters. The van der Waals surface area contributed by atoms with Gasteiger partial charge in [0.25, 0.3) is 0 Å². The van der Waals surface area contributed by atoms with Crippen LogP contribution >= 0.6 is 15.8 Å². The summed E-state index contributed by atoms with van der Waals surface area (Å²) in [5.74, 6) is 1.55. The van der Waals surface area contributed by atoms with Gasteiger partial charge in [0.1, 0.15) is 0 Å². The molecule has 5 heteroatoms. The van der Waals surface area contributed by atoms with Crippen LogP contribution in [0.3, 0.4) is 0 Å². The fourth-order valence-corrected chi connectivity index (χ4v) is 11.0. The van der Waals surface area contributed by atoms with Crippen LogP contribution in [0, 0.1) is 80.3 Å². The minimum atomic E-state index is -0.522. The first-order valence-electron chi connectivity index (χ1n) is 14.1. The third-order valence-corrected chi connectivity index (χ3v) is 12.9. The minimum Gasteiger partial charge on any atom is -0.195 e. The summed E-state index contributed by atoms with van der Waals surface area (Å²) < 4.78 is 0. The molecule has 0 N–H and O–H groups in total. The number of rotatable bonds is 5. The van der Waals surface area contributed by atoms with E-state index in [0.29, 0.717) is 15.9 Å². The van der Waals surface area contributed by atoms with Gasteiger partial charge in [-0.05, 0) is 92.3 Å². The van der Waals surface area contributed by atoms with Crippen molar-refractivity contribution in [1.29, 1.82) is 5.26 Å². The van der Waals surface area contributed by atoms with Crippen molar-refractivity contribution in [3.05, 3.63) is 160 Å². The number of nitrogens with zero attached hydrogens (tertiary/aromatic N) is 1. The molecule has 3 aromatic carbocycles. The molecule has 1 nitrogen and oxygen atoms in total. The molecule has 2 saturated carbocycles. The third-order valence-electron chi connectivity index (χ3n) is 6.50. The van der Waals surface area contributed by atoms with Gasteiger partial charge in [-0.15, -0.1) is 0 Å². The molecular weight excluding hydrogens is 647 g/mol. The molecule has 0 amide bonds. The predicted octanol–water partition coefficient (Wildman–Crippen LogP) is 9.31. The second-order valence-electron chi connectivity index (χ2n) is 11.7. The molecule has 2 fully saturated rings. The van der Waals surface area contributed by atoms with Crippen molar-refractivity contribution < 1.29 is 33.6 Å². The molecule has 0 atom stereocenters. The first kappa shape index (κ1) is 40.0. The van der Waals surface area contributed by atoms with Crippen LogP contribution in [0.1, 0.15) is 47.1 Å². The first-order chi connectivity index (χ1) is 19.6. The number of nitriles is 1. The minimum absolute atomic E-state index is 0. The predicted molar refractivity (Wildman–Crippen MR) is 181 cm³/mol. The monoisotopic (exact) mass is 688 g/mol. The van der Waals surface area contributed by atoms with Crippen LogP contribution < -0.4 is 10.6 Å². The maximum absolute atomic E-state index is 8.27. The molecule has 3 aromatic rings. The largest absolute Gasteiger partial charge is 3.00 e. The molecule has 225 valence electrons. The molecule has 0 saturated heterocycles. The normalized spacial score (nSPS) is 15.3. The zero-order valence-electron chi connectivity index (χ0n) is 25.9. The van der Waals surface area contributed by atoms with E-state index < -0.39 is 7.92 Å². The Kier molecular flexibility index (Phi) is 18.8. The fourth-order valence-electron chi connectivity index (χ4n) is 4.81. The summed E-state index contributed by atoms with van der Waals surface area (Å²) in [5, 5.41) is 11.8. The summed E-state index contributed by atoms with van der Waals surface area (Å²) >= 11 is 0. The average Bonchev–Trinajstić information content (AvgIpc) is 3.69. The maximum atomic E-state index is 8.27. The zero-order valence-corrected chi connectivity index (χ0v) is 29.8. The first-order valence-corrected chi connectivity index (χ1v) is 16.9. The van der Waals surface area contributed by atoms with Gasteiger partial charge in [-0.3, -0.25) is 0 Å². The van der Waals surface area contributed by atoms with Crippen LogP contribution in [0.2, 0.25) is 0 Å². The summed E-state index contributed by atoms with van der Waals surface area (Å²) in [4.78, 5) is 0. The Hall–Kier alpha value is -0.977. The summed E-state index contributed by atoms with van der Waals surface area (Å²) in [6.45, 7) is 14.5. The molecule has 0 aromatic heterocycles. The fraction of sp³-hybridized carbons (Fsp3) is 0.237. The van der Waals surface area contributed by atoms with E-state index in [1.54, 1.807) is 30.2 Å². The van der Waals surface area contributed by atoms with Crippen molar-refractivity contribution in [2.24, 2.45) is 0 Å². The molecule has 43 heavy (non-hydrogen) atoms. The molecule has 2 aliphatic rings. The molecular formula is C38H42FeNNiP2+2. The second-order valence-corrected chi connectivity index (χ2v) is 17.8. The van der Waals surface area contributed by atoms with Crippen LogP contribution in [0.4, 0.5) is 0 Å². The van der Waals surface area contributed by atoms with E-state index in [-0.39, 0.29) is 41.5 Å². The SMILES string of the molecule is CC(C)(C)P(C[C]1[CH][CH][CH][C]1P(c1ccccc1)c1ccccc1)C(C)(C)C.N#Cc1cc[c-]cc1.[CH]1[CH][CH][CH][CH]1.[Fe].[Ni+3]. The van der Waals surface area contributed by atoms with E-state index in [4.69, 9.17) is 5.26 Å². The van der Waals surface area contributed by atoms with E-state index in [9.17, 15) is 0 Å². The Balaban J connectivity index is 0.000000507. The van der Waals surface area contributed by atoms with Gasteiger partial charge in [0.2, 0.25) is 0 Å². The molecule has 0 bridgehead atoms. The van der Waals surface area contributed by atoms with Crippen molar-refractivity contribution in [2.45, 2.75) is 51.9 Å². The Morgan fingerprint density at radius 2 is 1.09 bits per heavy atom. The van der Waals surface area contributed by atoms with Gasteiger partial charge >= 0.3 is 16.5 Å². The number of hydrogen-bond donors (Lipinski definition) is 0. The van der Waals surface area contributed by atoms with Gasteiger partial charge in [0, 0.05) is 22.7 Å². The number of hydrogen-bond acceptors (Lipinski definition) is 1. The Labute approximate surface area is 287 Å². The maximum Gasteiger partial charge on any atom is 3.00 e. The molecule has 0 aliphatic heterocycles.